The smallest absolute Gasteiger partial charge is 0.308 e. The van der Waals surface area contributed by atoms with Gasteiger partial charge in [0.15, 0.2) is 0 Å². The Labute approximate surface area is 331 Å². The summed E-state index contributed by atoms with van der Waals surface area (Å²) in [7, 11) is 0. The van der Waals surface area contributed by atoms with Crippen LogP contribution in [-0.4, -0.2) is 61.4 Å². The van der Waals surface area contributed by atoms with Crippen molar-refractivity contribution in [3.63, 3.8) is 0 Å². The van der Waals surface area contributed by atoms with Gasteiger partial charge in [-0.1, -0.05) is 189 Å². The molecule has 0 saturated heterocycles. The number of hydrogen-bond acceptors (Lipinski definition) is 6. The number of rotatable bonds is 42. The van der Waals surface area contributed by atoms with Crippen molar-refractivity contribution < 1.29 is 24.2 Å². The molecule has 53 heavy (non-hydrogen) atoms. The normalized spacial score (nSPS) is 11.9. The Bertz CT molecular complexity index is 771. The molecule has 0 fully saturated rings. The van der Waals surface area contributed by atoms with E-state index in [1.807, 2.05) is 0 Å². The van der Waals surface area contributed by atoms with E-state index >= 15 is 0 Å². The fourth-order valence-electron chi connectivity index (χ4n) is 7.40. The molecule has 0 aromatic carbocycles. The van der Waals surface area contributed by atoms with Gasteiger partial charge in [-0.15, -0.1) is 0 Å². The fourth-order valence-corrected chi connectivity index (χ4v) is 7.40. The summed E-state index contributed by atoms with van der Waals surface area (Å²) in [6.07, 6.45) is 37.7. The van der Waals surface area contributed by atoms with Gasteiger partial charge in [0.05, 0.1) is 25.7 Å². The van der Waals surface area contributed by atoms with Crippen molar-refractivity contribution in [3.8, 4) is 0 Å². The summed E-state index contributed by atoms with van der Waals surface area (Å²) in [5.41, 5.74) is -0.00468. The Morgan fingerprint density at radius 3 is 1.47 bits per heavy atom. The van der Waals surface area contributed by atoms with Gasteiger partial charge < -0.3 is 19.5 Å². The van der Waals surface area contributed by atoms with E-state index in [-0.39, 0.29) is 29.9 Å². The molecule has 0 aliphatic rings. The van der Waals surface area contributed by atoms with Crippen LogP contribution in [0.4, 0.5) is 0 Å². The average Bonchev–Trinajstić information content (AvgIpc) is 3.14. The van der Waals surface area contributed by atoms with Crippen molar-refractivity contribution in [1.29, 1.82) is 0 Å². The Morgan fingerprint density at radius 2 is 0.962 bits per heavy atom. The zero-order chi connectivity index (χ0) is 39.1. The number of aliphatic hydroxyl groups excluding tert-OH is 1. The number of aliphatic hydroxyl groups is 1. The molecule has 0 radical (unpaired) electrons. The second-order valence-corrected chi connectivity index (χ2v) is 17.2. The van der Waals surface area contributed by atoms with E-state index in [2.05, 4.69) is 39.5 Å². The Morgan fingerprint density at radius 1 is 0.528 bits per heavy atom. The molecule has 0 aromatic rings. The third-order valence-corrected chi connectivity index (χ3v) is 11.1. The molecular weight excluding hydrogens is 659 g/mol. The number of nitrogens with zero attached hydrogens (tertiary/aromatic N) is 1. The number of ether oxygens (including phenoxy) is 2. The predicted octanol–water partition coefficient (Wildman–Crippen LogP) is 13.6. The van der Waals surface area contributed by atoms with Gasteiger partial charge in [-0.05, 0) is 63.5 Å². The molecular formula is C47H93NO5. The van der Waals surface area contributed by atoms with E-state index in [9.17, 15) is 14.7 Å². The molecule has 0 aromatic heterocycles. The lowest BCUT2D eigenvalue weighted by molar-refractivity contribution is -0.152. The summed E-state index contributed by atoms with van der Waals surface area (Å²) >= 11 is 0. The molecule has 0 aliphatic carbocycles. The van der Waals surface area contributed by atoms with Crippen LogP contribution in [0.25, 0.3) is 0 Å². The zero-order valence-electron chi connectivity index (χ0n) is 36.5. The standard InChI is InChI=1S/C47H93NO5/c1-6-9-12-15-18-19-25-33-42-52-45(50)36-29-23-20-24-31-38-48(40-41-49)39-32-26-30-37-47(4,5)43-53-46(51)44(34-27-21-16-13-10-7-2)35-28-22-17-14-11-8-3/h44,49H,6-43H2,1-5H3. The first kappa shape index (κ1) is 51.9. The van der Waals surface area contributed by atoms with E-state index in [4.69, 9.17) is 9.47 Å². The summed E-state index contributed by atoms with van der Waals surface area (Å²) in [6, 6.07) is 0. The molecule has 6 nitrogen and oxygen atoms in total. The van der Waals surface area contributed by atoms with Gasteiger partial charge in [0, 0.05) is 13.0 Å². The first-order chi connectivity index (χ1) is 25.8. The first-order valence-corrected chi connectivity index (χ1v) is 23.4. The maximum atomic E-state index is 13.2. The van der Waals surface area contributed by atoms with Crippen molar-refractivity contribution in [2.45, 2.75) is 240 Å². The maximum Gasteiger partial charge on any atom is 0.308 e. The molecule has 0 amide bonds. The van der Waals surface area contributed by atoms with Crippen LogP contribution in [0.15, 0.2) is 0 Å². The Hall–Kier alpha value is -1.14. The molecule has 0 saturated carbocycles. The zero-order valence-corrected chi connectivity index (χ0v) is 36.5. The minimum atomic E-state index is -0.0299. The van der Waals surface area contributed by atoms with Crippen molar-refractivity contribution >= 4 is 11.9 Å². The average molecular weight is 752 g/mol. The van der Waals surface area contributed by atoms with Crippen molar-refractivity contribution in [3.05, 3.63) is 0 Å². The number of carbonyl (C=O) groups excluding carboxylic acids is 2. The van der Waals surface area contributed by atoms with Crippen molar-refractivity contribution in [1.82, 2.24) is 4.90 Å². The highest BCUT2D eigenvalue weighted by molar-refractivity contribution is 5.72. The number of carbonyl (C=O) groups is 2. The lowest BCUT2D eigenvalue weighted by Gasteiger charge is -2.26. The predicted molar refractivity (Wildman–Crippen MR) is 227 cm³/mol. The lowest BCUT2D eigenvalue weighted by atomic mass is 9.87. The molecule has 0 aliphatic heterocycles. The van der Waals surface area contributed by atoms with Gasteiger partial charge in [0.2, 0.25) is 0 Å². The molecule has 0 bridgehead atoms. The quantitative estimate of drug-likeness (QED) is 0.0494. The molecule has 316 valence electrons. The van der Waals surface area contributed by atoms with E-state index in [1.165, 1.54) is 116 Å². The van der Waals surface area contributed by atoms with Crippen LogP contribution in [-0.2, 0) is 19.1 Å². The highest BCUT2D eigenvalue weighted by atomic mass is 16.5. The van der Waals surface area contributed by atoms with E-state index < -0.39 is 0 Å². The molecule has 0 spiro atoms. The largest absolute Gasteiger partial charge is 0.466 e. The van der Waals surface area contributed by atoms with Gasteiger partial charge in [0.1, 0.15) is 0 Å². The van der Waals surface area contributed by atoms with Crippen LogP contribution in [0.5, 0.6) is 0 Å². The van der Waals surface area contributed by atoms with Gasteiger partial charge >= 0.3 is 11.9 Å². The third-order valence-electron chi connectivity index (χ3n) is 11.1. The summed E-state index contributed by atoms with van der Waals surface area (Å²) in [6.45, 7) is 15.4. The van der Waals surface area contributed by atoms with E-state index in [1.54, 1.807) is 0 Å². The highest BCUT2D eigenvalue weighted by Gasteiger charge is 2.24. The second kappa shape index (κ2) is 39.1. The molecule has 1 N–H and O–H groups in total. The van der Waals surface area contributed by atoms with Gasteiger partial charge in [-0.25, -0.2) is 0 Å². The fraction of sp³-hybridized carbons (Fsp3) is 0.957. The first-order valence-electron chi connectivity index (χ1n) is 23.4. The van der Waals surface area contributed by atoms with E-state index in [0.29, 0.717) is 19.6 Å². The molecule has 0 heterocycles. The Balaban J connectivity index is 4.15. The number of hydrogen-bond donors (Lipinski definition) is 1. The summed E-state index contributed by atoms with van der Waals surface area (Å²) in [4.78, 5) is 27.7. The summed E-state index contributed by atoms with van der Waals surface area (Å²) < 4.78 is 11.5. The SMILES string of the molecule is CCCCCCCCCCOC(=O)CCCCCCCN(CCO)CCCCCC(C)(C)COC(=O)C(CCCCCCCC)CCCCCCCC. The summed E-state index contributed by atoms with van der Waals surface area (Å²) in [5.74, 6) is 0.0862. The van der Waals surface area contributed by atoms with Crippen LogP contribution in [0.2, 0.25) is 0 Å². The summed E-state index contributed by atoms with van der Waals surface area (Å²) in [5, 5.41) is 9.61. The topological polar surface area (TPSA) is 76.1 Å². The molecule has 0 rings (SSSR count). The van der Waals surface area contributed by atoms with Crippen LogP contribution >= 0.6 is 0 Å². The lowest BCUT2D eigenvalue weighted by Crippen LogP contribution is -2.29. The Kier molecular flexibility index (Phi) is 38.3. The van der Waals surface area contributed by atoms with Crippen LogP contribution < -0.4 is 0 Å². The van der Waals surface area contributed by atoms with Crippen LogP contribution in [0.1, 0.15) is 240 Å². The van der Waals surface area contributed by atoms with Crippen LogP contribution in [0, 0.1) is 11.3 Å². The highest BCUT2D eigenvalue weighted by Crippen LogP contribution is 2.27. The van der Waals surface area contributed by atoms with Crippen molar-refractivity contribution in [2.24, 2.45) is 11.3 Å². The van der Waals surface area contributed by atoms with Gasteiger partial charge in [0.25, 0.3) is 0 Å². The van der Waals surface area contributed by atoms with Crippen molar-refractivity contribution in [2.75, 3.05) is 39.5 Å². The third kappa shape index (κ3) is 36.3. The van der Waals surface area contributed by atoms with Crippen LogP contribution in [0.3, 0.4) is 0 Å². The molecule has 0 unspecified atom stereocenters. The van der Waals surface area contributed by atoms with E-state index in [0.717, 1.165) is 103 Å². The van der Waals surface area contributed by atoms with Gasteiger partial charge in [-0.3, -0.25) is 9.59 Å². The number of unbranched alkanes of at least 4 members (excludes halogenated alkanes) is 23. The molecule has 6 heteroatoms. The minimum absolute atomic E-state index is 0.00468. The second-order valence-electron chi connectivity index (χ2n) is 17.2. The monoisotopic (exact) mass is 752 g/mol. The molecule has 0 atom stereocenters. The van der Waals surface area contributed by atoms with Gasteiger partial charge in [-0.2, -0.15) is 0 Å². The number of esters is 2. The maximum absolute atomic E-state index is 13.2. The minimum Gasteiger partial charge on any atom is -0.466 e.